The molecule has 1 aliphatic heterocycles. The standard InChI is InChI=1S/C10H19N3O5/c1-6(14)8(9(15)16)12-11-7-4-2-3-5-13(7)10(17)18/h6-8,11-12,14H,2-5H2,1H3,(H,15,16)(H,17,18)/t6-,7?,8+/m1/s1. The summed E-state index contributed by atoms with van der Waals surface area (Å²) in [5.41, 5.74) is 5.14. The van der Waals surface area contributed by atoms with Crippen LogP contribution in [-0.2, 0) is 4.79 Å². The summed E-state index contributed by atoms with van der Waals surface area (Å²) in [6.45, 7) is 1.77. The third kappa shape index (κ3) is 3.83. The lowest BCUT2D eigenvalue weighted by Gasteiger charge is -2.35. The molecule has 18 heavy (non-hydrogen) atoms. The average Bonchev–Trinajstić information content (AvgIpc) is 2.28. The molecular formula is C10H19N3O5. The number of hydrogen-bond acceptors (Lipinski definition) is 5. The summed E-state index contributed by atoms with van der Waals surface area (Å²) in [6.07, 6.45) is -0.337. The molecule has 0 saturated carbocycles. The zero-order valence-electron chi connectivity index (χ0n) is 10.2. The van der Waals surface area contributed by atoms with E-state index in [2.05, 4.69) is 10.9 Å². The van der Waals surface area contributed by atoms with Crippen molar-refractivity contribution in [3.63, 3.8) is 0 Å². The fourth-order valence-electron chi connectivity index (χ4n) is 1.89. The van der Waals surface area contributed by atoms with E-state index in [1.807, 2.05) is 0 Å². The Kier molecular flexibility index (Phi) is 5.32. The Morgan fingerprint density at radius 2 is 2.00 bits per heavy atom. The summed E-state index contributed by atoms with van der Waals surface area (Å²) in [6, 6.07) is -1.18. The number of hydrogen-bond donors (Lipinski definition) is 5. The number of carbonyl (C=O) groups is 2. The second kappa shape index (κ2) is 6.53. The van der Waals surface area contributed by atoms with Gasteiger partial charge in [0.15, 0.2) is 0 Å². The zero-order valence-corrected chi connectivity index (χ0v) is 10.2. The lowest BCUT2D eigenvalue weighted by Crippen LogP contribution is -2.60. The van der Waals surface area contributed by atoms with Crippen LogP contribution in [0.5, 0.6) is 0 Å². The summed E-state index contributed by atoms with van der Waals surface area (Å²) in [5.74, 6) is -1.20. The predicted molar refractivity (Wildman–Crippen MR) is 61.7 cm³/mol. The molecule has 104 valence electrons. The largest absolute Gasteiger partial charge is 0.480 e. The molecule has 1 aliphatic rings. The summed E-state index contributed by atoms with van der Waals surface area (Å²) < 4.78 is 0. The van der Waals surface area contributed by atoms with Crippen molar-refractivity contribution in [3.8, 4) is 0 Å². The van der Waals surface area contributed by atoms with Crippen LogP contribution < -0.4 is 10.9 Å². The van der Waals surface area contributed by atoms with Crippen LogP contribution >= 0.6 is 0 Å². The number of aliphatic carboxylic acids is 1. The van der Waals surface area contributed by atoms with Crippen molar-refractivity contribution >= 4 is 12.1 Å². The number of hydrazine groups is 1. The number of aliphatic hydroxyl groups excluding tert-OH is 1. The molecule has 0 aromatic rings. The highest BCUT2D eigenvalue weighted by Gasteiger charge is 2.29. The number of carboxylic acid groups (broad SMARTS) is 2. The van der Waals surface area contributed by atoms with Gasteiger partial charge in [-0.3, -0.25) is 9.69 Å². The highest BCUT2D eigenvalue weighted by atomic mass is 16.4. The smallest absolute Gasteiger partial charge is 0.408 e. The fourth-order valence-corrected chi connectivity index (χ4v) is 1.89. The van der Waals surface area contributed by atoms with Crippen molar-refractivity contribution in [1.82, 2.24) is 15.8 Å². The minimum atomic E-state index is -1.20. The lowest BCUT2D eigenvalue weighted by molar-refractivity contribution is -0.142. The number of nitrogens with one attached hydrogen (secondary N) is 2. The number of aliphatic hydroxyl groups is 1. The number of likely N-dealkylation sites (tertiary alicyclic amines) is 1. The van der Waals surface area contributed by atoms with Crippen LogP contribution in [0.15, 0.2) is 0 Å². The van der Waals surface area contributed by atoms with Gasteiger partial charge in [-0.2, -0.15) is 0 Å². The summed E-state index contributed by atoms with van der Waals surface area (Å²) in [5, 5.41) is 27.1. The number of carboxylic acids is 1. The van der Waals surface area contributed by atoms with Gasteiger partial charge >= 0.3 is 12.1 Å². The zero-order chi connectivity index (χ0) is 13.7. The fraction of sp³-hybridized carbons (Fsp3) is 0.800. The van der Waals surface area contributed by atoms with E-state index in [-0.39, 0.29) is 0 Å². The van der Waals surface area contributed by atoms with Crippen molar-refractivity contribution in [2.75, 3.05) is 6.54 Å². The van der Waals surface area contributed by atoms with Crippen LogP contribution in [0.25, 0.3) is 0 Å². The first-order valence-corrected chi connectivity index (χ1v) is 5.85. The van der Waals surface area contributed by atoms with Gasteiger partial charge in [0.25, 0.3) is 0 Å². The Bertz CT molecular complexity index is 310. The molecule has 1 rings (SSSR count). The number of piperidine rings is 1. The average molecular weight is 261 g/mol. The molecule has 5 N–H and O–H groups in total. The minimum absolute atomic E-state index is 0.418. The van der Waals surface area contributed by atoms with Crippen molar-refractivity contribution < 1.29 is 24.9 Å². The molecule has 3 atom stereocenters. The Balaban J connectivity index is 2.54. The maximum atomic E-state index is 11.0. The Labute approximate surface area is 105 Å². The molecule has 0 spiro atoms. The summed E-state index contributed by atoms with van der Waals surface area (Å²) >= 11 is 0. The molecule has 0 radical (unpaired) electrons. The van der Waals surface area contributed by atoms with E-state index in [1.54, 1.807) is 0 Å². The van der Waals surface area contributed by atoms with E-state index in [0.717, 1.165) is 12.8 Å². The summed E-state index contributed by atoms with van der Waals surface area (Å²) in [7, 11) is 0. The number of rotatable bonds is 5. The number of nitrogens with zero attached hydrogens (tertiary/aromatic N) is 1. The second-order valence-electron chi connectivity index (χ2n) is 4.33. The first-order valence-electron chi connectivity index (χ1n) is 5.85. The minimum Gasteiger partial charge on any atom is -0.480 e. The molecule has 1 heterocycles. The van der Waals surface area contributed by atoms with Gasteiger partial charge in [-0.25, -0.2) is 15.6 Å². The molecular weight excluding hydrogens is 242 g/mol. The van der Waals surface area contributed by atoms with Gasteiger partial charge in [0.2, 0.25) is 0 Å². The topological polar surface area (TPSA) is 122 Å². The van der Waals surface area contributed by atoms with Crippen LogP contribution in [0.2, 0.25) is 0 Å². The van der Waals surface area contributed by atoms with Gasteiger partial charge in [0.1, 0.15) is 6.04 Å². The molecule has 8 heteroatoms. The normalized spacial score (nSPS) is 23.4. The van der Waals surface area contributed by atoms with Crippen LogP contribution in [0.3, 0.4) is 0 Å². The van der Waals surface area contributed by atoms with Crippen LogP contribution in [-0.4, -0.2) is 57.1 Å². The monoisotopic (exact) mass is 261 g/mol. The van der Waals surface area contributed by atoms with Crippen molar-refractivity contribution in [2.45, 2.75) is 44.5 Å². The van der Waals surface area contributed by atoms with Gasteiger partial charge in [0.05, 0.1) is 12.3 Å². The Morgan fingerprint density at radius 3 is 2.50 bits per heavy atom. The third-order valence-electron chi connectivity index (χ3n) is 2.90. The molecule has 0 aromatic heterocycles. The number of amides is 1. The molecule has 0 bridgehead atoms. The van der Waals surface area contributed by atoms with Gasteiger partial charge in [0, 0.05) is 6.54 Å². The van der Waals surface area contributed by atoms with Gasteiger partial charge in [-0.05, 0) is 26.2 Å². The van der Waals surface area contributed by atoms with Crippen molar-refractivity contribution in [1.29, 1.82) is 0 Å². The van der Waals surface area contributed by atoms with Crippen LogP contribution in [0, 0.1) is 0 Å². The maximum Gasteiger partial charge on any atom is 0.408 e. The molecule has 1 fully saturated rings. The van der Waals surface area contributed by atoms with Crippen LogP contribution in [0.4, 0.5) is 4.79 Å². The Hall–Kier alpha value is -1.38. The van der Waals surface area contributed by atoms with Crippen molar-refractivity contribution in [3.05, 3.63) is 0 Å². The Morgan fingerprint density at radius 1 is 1.33 bits per heavy atom. The molecule has 1 unspecified atom stereocenters. The SMILES string of the molecule is C[C@@H](O)[C@H](NNC1CCCCN1C(=O)O)C(=O)O. The molecule has 1 amide bonds. The third-order valence-corrected chi connectivity index (χ3v) is 2.90. The highest BCUT2D eigenvalue weighted by molar-refractivity contribution is 5.74. The van der Waals surface area contributed by atoms with Gasteiger partial charge in [-0.1, -0.05) is 0 Å². The second-order valence-corrected chi connectivity index (χ2v) is 4.33. The van der Waals surface area contributed by atoms with Gasteiger partial charge < -0.3 is 15.3 Å². The van der Waals surface area contributed by atoms with Crippen molar-refractivity contribution in [2.24, 2.45) is 0 Å². The molecule has 8 nitrogen and oxygen atoms in total. The first kappa shape index (κ1) is 14.7. The van der Waals surface area contributed by atoms with E-state index >= 15 is 0 Å². The van der Waals surface area contributed by atoms with E-state index in [9.17, 15) is 14.7 Å². The predicted octanol–water partition coefficient (Wildman–Crippen LogP) is -0.595. The molecule has 0 aromatic carbocycles. The molecule has 1 saturated heterocycles. The summed E-state index contributed by atoms with van der Waals surface area (Å²) in [4.78, 5) is 23.0. The first-order chi connectivity index (χ1) is 8.43. The molecule has 0 aliphatic carbocycles. The van der Waals surface area contributed by atoms with E-state index in [1.165, 1.54) is 11.8 Å². The van der Waals surface area contributed by atoms with Crippen LogP contribution in [0.1, 0.15) is 26.2 Å². The lowest BCUT2D eigenvalue weighted by atomic mass is 10.1. The van der Waals surface area contributed by atoms with E-state index in [0.29, 0.717) is 13.0 Å². The van der Waals surface area contributed by atoms with E-state index in [4.69, 9.17) is 10.2 Å². The highest BCUT2D eigenvalue weighted by Crippen LogP contribution is 2.14. The maximum absolute atomic E-state index is 11.0. The van der Waals surface area contributed by atoms with Gasteiger partial charge in [-0.15, -0.1) is 0 Å². The quantitative estimate of drug-likeness (QED) is 0.419. The van der Waals surface area contributed by atoms with E-state index < -0.39 is 30.4 Å².